The molecule has 6 rings (SSSR count). The van der Waals surface area contributed by atoms with Gasteiger partial charge in [0.05, 0.1) is 24.4 Å². The van der Waals surface area contributed by atoms with Crippen molar-refractivity contribution >= 4 is 51.4 Å². The van der Waals surface area contributed by atoms with E-state index >= 15 is 0 Å². The van der Waals surface area contributed by atoms with Gasteiger partial charge in [-0.2, -0.15) is 0 Å². The maximum atomic E-state index is 12.0. The van der Waals surface area contributed by atoms with Crippen LogP contribution in [0.25, 0.3) is 0 Å². The van der Waals surface area contributed by atoms with Crippen LogP contribution in [-0.2, 0) is 37.4 Å². The second-order valence-corrected chi connectivity index (χ2v) is 29.7. The molecule has 0 aromatic rings. The summed E-state index contributed by atoms with van der Waals surface area (Å²) in [5, 5.41) is 0.254. The summed E-state index contributed by atoms with van der Waals surface area (Å²) in [6.45, 7) is 30.1. The van der Waals surface area contributed by atoms with Crippen molar-refractivity contribution in [1.82, 2.24) is 0 Å². The van der Waals surface area contributed by atoms with Gasteiger partial charge in [-0.1, -0.05) is 64.7 Å². The van der Waals surface area contributed by atoms with Crippen LogP contribution in [0.5, 0.6) is 0 Å². The molecule has 7 atom stereocenters. The van der Waals surface area contributed by atoms with Crippen molar-refractivity contribution in [3.8, 4) is 0 Å². The summed E-state index contributed by atoms with van der Waals surface area (Å²) in [6, 6.07) is 0. The van der Waals surface area contributed by atoms with Crippen molar-refractivity contribution in [2.45, 2.75) is 190 Å². The zero-order chi connectivity index (χ0) is 34.9. The fraction of sp³-hybridized carbons (Fsp3) is 0.941. The first-order valence-electron chi connectivity index (χ1n) is 17.0. The van der Waals surface area contributed by atoms with Crippen molar-refractivity contribution in [2.24, 2.45) is 10.8 Å². The Morgan fingerprint density at radius 1 is 0.674 bits per heavy atom. The van der Waals surface area contributed by atoms with Crippen LogP contribution in [0.3, 0.4) is 0 Å². The Balaban J connectivity index is 0.000000182. The van der Waals surface area contributed by atoms with E-state index in [1.807, 2.05) is 27.7 Å². The molecule has 12 heteroatoms. The Morgan fingerprint density at radius 2 is 1.09 bits per heavy atom. The lowest BCUT2D eigenvalue weighted by Crippen LogP contribution is -2.62. The quantitative estimate of drug-likeness (QED) is 0.213. The number of ketones is 2. The molecule has 0 aromatic carbocycles. The van der Waals surface area contributed by atoms with Gasteiger partial charge in [0.1, 0.15) is 18.0 Å². The fourth-order valence-electron chi connectivity index (χ4n) is 7.81. The van der Waals surface area contributed by atoms with Crippen LogP contribution in [0.1, 0.15) is 101 Å². The number of Topliss-reactive ketones (excluding diaryl/α,β-unsaturated/α-hetero) is 2. The molecule has 0 unspecified atom stereocenters. The molecular weight excluding hydrogens is 663 g/mol. The van der Waals surface area contributed by atoms with Gasteiger partial charge in [-0.15, -0.1) is 0 Å². The van der Waals surface area contributed by atoms with Gasteiger partial charge in [0, 0.05) is 30.1 Å². The van der Waals surface area contributed by atoms with Crippen LogP contribution in [0, 0.1) is 10.8 Å². The third-order valence-electron chi connectivity index (χ3n) is 12.4. The molecule has 2 saturated heterocycles. The normalized spacial score (nSPS) is 38.7. The highest BCUT2D eigenvalue weighted by Crippen LogP contribution is 2.67. The first kappa shape index (κ1) is 37.4. The highest BCUT2D eigenvalue weighted by molar-refractivity contribution is 6.74. The SMILES string of the molecule is CC1(C)O[C@H]2[C@@H](O[Si](C)(C)C(C)(C)C)CC3(CC(=O)C3)[C@H]2O1.CC1(C)O[C@H]2[C@@H](O[Si](C)(C)C(C)(C)C)C[C@@]3(CC(=O)C3(Cl)Cl)[C@H]2O1. The van der Waals surface area contributed by atoms with Crippen LogP contribution in [0.2, 0.25) is 36.3 Å². The zero-order valence-corrected chi connectivity index (χ0v) is 34.0. The number of carbonyl (C=O) groups excluding carboxylic acids is 2. The number of rotatable bonds is 4. The standard InChI is InChI=1S/C17H28Cl2O4Si.C17H30O4Si/c1-14(2,3)24(6,7)23-10-8-16(9-11(20)17(16,18)19)13-12(10)21-15(4,5)22-13;1-15(2,3)22(6,7)21-12-10-17(8-11(18)9-17)14-13(12)19-16(4,5)20-14/h10,12-13H,8-9H2,1-7H3;12-14H,8-10H2,1-7H3/t10-,12-,13-,16+;12-,13-,14-/m00/s1. The summed E-state index contributed by atoms with van der Waals surface area (Å²) >= 11 is 12.9. The van der Waals surface area contributed by atoms with Gasteiger partial charge in [-0.3, -0.25) is 9.59 Å². The zero-order valence-electron chi connectivity index (χ0n) is 30.5. The van der Waals surface area contributed by atoms with E-state index in [1.54, 1.807) is 0 Å². The molecule has 0 radical (unpaired) electrons. The Kier molecular flexibility index (Phi) is 8.98. The molecule has 46 heavy (non-hydrogen) atoms. The third-order valence-corrected chi connectivity index (χ3v) is 22.5. The molecule has 0 aromatic heterocycles. The topological polar surface area (TPSA) is 89.5 Å². The highest BCUT2D eigenvalue weighted by atomic mass is 35.5. The smallest absolute Gasteiger partial charge is 0.192 e. The summed E-state index contributed by atoms with van der Waals surface area (Å²) < 4.78 is 36.5. The van der Waals surface area contributed by atoms with Gasteiger partial charge in [0.15, 0.2) is 38.3 Å². The maximum absolute atomic E-state index is 12.0. The molecule has 264 valence electrons. The van der Waals surface area contributed by atoms with Crippen LogP contribution < -0.4 is 0 Å². The Labute approximate surface area is 288 Å². The van der Waals surface area contributed by atoms with Crippen LogP contribution >= 0.6 is 23.2 Å². The highest BCUT2D eigenvalue weighted by Gasteiger charge is 2.77. The summed E-state index contributed by atoms with van der Waals surface area (Å²) in [4.78, 5) is 23.7. The Morgan fingerprint density at radius 3 is 1.48 bits per heavy atom. The van der Waals surface area contributed by atoms with E-state index < -0.39 is 38.0 Å². The molecule has 0 bridgehead atoms. The van der Waals surface area contributed by atoms with Crippen LogP contribution in [-0.4, -0.2) is 80.7 Å². The van der Waals surface area contributed by atoms with Gasteiger partial charge in [0.25, 0.3) is 0 Å². The third kappa shape index (κ3) is 6.08. The predicted octanol–water partition coefficient (Wildman–Crippen LogP) is 8.08. The number of hydrogen-bond donors (Lipinski definition) is 0. The van der Waals surface area contributed by atoms with E-state index in [4.69, 9.17) is 51.0 Å². The van der Waals surface area contributed by atoms with Gasteiger partial charge < -0.3 is 27.8 Å². The summed E-state index contributed by atoms with van der Waals surface area (Å²) in [5.74, 6) is -1.08. The Hall–Kier alpha value is 0.114. The Bertz CT molecular complexity index is 1240. The molecule has 2 aliphatic heterocycles. The van der Waals surface area contributed by atoms with Crippen LogP contribution in [0.4, 0.5) is 0 Å². The maximum Gasteiger partial charge on any atom is 0.192 e. The van der Waals surface area contributed by atoms with Crippen LogP contribution in [0.15, 0.2) is 0 Å². The van der Waals surface area contributed by atoms with Crippen molar-refractivity contribution in [3.05, 3.63) is 0 Å². The van der Waals surface area contributed by atoms with E-state index in [2.05, 4.69) is 67.7 Å². The van der Waals surface area contributed by atoms with Gasteiger partial charge in [-0.25, -0.2) is 0 Å². The molecule has 6 fully saturated rings. The number of ether oxygens (including phenoxy) is 4. The minimum Gasteiger partial charge on any atom is -0.411 e. The lowest BCUT2D eigenvalue weighted by atomic mass is 9.64. The summed E-state index contributed by atoms with van der Waals surface area (Å²) in [6.07, 6.45) is 2.43. The van der Waals surface area contributed by atoms with Gasteiger partial charge in [0.2, 0.25) is 0 Å². The monoisotopic (exact) mass is 720 g/mol. The number of halogens is 2. The van der Waals surface area contributed by atoms with Crippen molar-refractivity contribution in [2.75, 3.05) is 0 Å². The number of carbonyl (C=O) groups is 2. The van der Waals surface area contributed by atoms with Crippen molar-refractivity contribution in [3.63, 3.8) is 0 Å². The van der Waals surface area contributed by atoms with E-state index in [-0.39, 0.29) is 57.9 Å². The fourth-order valence-corrected chi connectivity index (χ4v) is 11.1. The molecule has 0 amide bonds. The average molecular weight is 722 g/mol. The van der Waals surface area contributed by atoms with Crippen molar-refractivity contribution < 1.29 is 37.4 Å². The molecule has 6 aliphatic rings. The molecule has 4 saturated carbocycles. The second kappa shape index (κ2) is 11.1. The minimum absolute atomic E-state index is 0.00923. The van der Waals surface area contributed by atoms with E-state index in [9.17, 15) is 9.59 Å². The molecule has 4 aliphatic carbocycles. The number of fused-ring (bicyclic) bond motifs is 4. The molecular formula is C34H58Cl2O8Si2. The minimum atomic E-state index is -2.00. The average Bonchev–Trinajstić information content (AvgIpc) is 3.50. The van der Waals surface area contributed by atoms with E-state index in [1.165, 1.54) is 0 Å². The van der Waals surface area contributed by atoms with Crippen molar-refractivity contribution in [1.29, 1.82) is 0 Å². The summed E-state index contributed by atoms with van der Waals surface area (Å²) in [5.41, 5.74) is -0.652. The summed E-state index contributed by atoms with van der Waals surface area (Å²) in [7, 11) is -3.86. The first-order chi connectivity index (χ1) is 20.5. The molecule has 2 spiro atoms. The second-order valence-electron chi connectivity index (χ2n) is 18.9. The largest absolute Gasteiger partial charge is 0.411 e. The van der Waals surface area contributed by atoms with Gasteiger partial charge >= 0.3 is 0 Å². The van der Waals surface area contributed by atoms with E-state index in [0.717, 1.165) is 6.42 Å². The lowest BCUT2D eigenvalue weighted by Gasteiger charge is -2.51. The lowest BCUT2D eigenvalue weighted by molar-refractivity contribution is -0.184. The number of hydrogen-bond acceptors (Lipinski definition) is 8. The van der Waals surface area contributed by atoms with E-state index in [0.29, 0.717) is 31.5 Å². The molecule has 8 nitrogen and oxygen atoms in total. The first-order valence-corrected chi connectivity index (χ1v) is 23.6. The molecule has 2 heterocycles. The molecule has 0 N–H and O–H groups in total. The number of alkyl halides is 2. The van der Waals surface area contributed by atoms with Gasteiger partial charge in [-0.05, 0) is 76.8 Å². The predicted molar refractivity (Wildman–Crippen MR) is 184 cm³/mol.